The summed E-state index contributed by atoms with van der Waals surface area (Å²) in [5.74, 6) is -1.02. The minimum atomic E-state index is -3.50. The van der Waals surface area contributed by atoms with E-state index < -0.39 is 21.9 Å². The van der Waals surface area contributed by atoms with Gasteiger partial charge in [0.1, 0.15) is 6.07 Å². The summed E-state index contributed by atoms with van der Waals surface area (Å²) in [5.41, 5.74) is 0.959. The summed E-state index contributed by atoms with van der Waals surface area (Å²) in [6.07, 6.45) is -1.13. The van der Waals surface area contributed by atoms with Gasteiger partial charge in [0.05, 0.1) is 17.1 Å². The SMILES string of the molecule is Cc1ccc(S(=O)(=O)CCC(=O)O[C@@H](C)C#N)cc1. The van der Waals surface area contributed by atoms with E-state index in [4.69, 9.17) is 5.26 Å². The first-order valence-corrected chi connectivity index (χ1v) is 7.39. The summed E-state index contributed by atoms with van der Waals surface area (Å²) >= 11 is 0. The Balaban J connectivity index is 2.64. The molecule has 0 aliphatic rings. The molecule has 0 fully saturated rings. The van der Waals surface area contributed by atoms with Gasteiger partial charge in [-0.25, -0.2) is 8.42 Å². The van der Waals surface area contributed by atoms with Crippen LogP contribution in [-0.4, -0.2) is 26.2 Å². The summed E-state index contributed by atoms with van der Waals surface area (Å²) in [5, 5.41) is 8.47. The lowest BCUT2D eigenvalue weighted by Gasteiger charge is -2.07. The minimum Gasteiger partial charge on any atom is -0.447 e. The smallest absolute Gasteiger partial charge is 0.308 e. The number of aryl methyl sites for hydroxylation is 1. The molecule has 0 aromatic heterocycles. The number of nitriles is 1. The first-order chi connectivity index (χ1) is 8.85. The van der Waals surface area contributed by atoms with Crippen LogP contribution in [0.3, 0.4) is 0 Å². The van der Waals surface area contributed by atoms with Crippen LogP contribution in [0.4, 0.5) is 0 Å². The van der Waals surface area contributed by atoms with Crippen molar-refractivity contribution in [3.05, 3.63) is 29.8 Å². The van der Waals surface area contributed by atoms with Gasteiger partial charge in [-0.2, -0.15) is 5.26 Å². The molecule has 1 aromatic carbocycles. The lowest BCUT2D eigenvalue weighted by molar-refractivity contribution is -0.145. The van der Waals surface area contributed by atoms with E-state index in [-0.39, 0.29) is 17.1 Å². The van der Waals surface area contributed by atoms with E-state index in [9.17, 15) is 13.2 Å². The molecule has 0 spiro atoms. The number of nitrogens with zero attached hydrogens (tertiary/aromatic N) is 1. The third-order valence-corrected chi connectivity index (χ3v) is 4.18. The summed E-state index contributed by atoms with van der Waals surface area (Å²) < 4.78 is 28.5. The second-order valence-electron chi connectivity index (χ2n) is 4.14. The maximum absolute atomic E-state index is 11.9. The zero-order valence-electron chi connectivity index (χ0n) is 10.8. The van der Waals surface area contributed by atoms with Gasteiger partial charge < -0.3 is 4.74 Å². The van der Waals surface area contributed by atoms with Gasteiger partial charge in [-0.15, -0.1) is 0 Å². The quantitative estimate of drug-likeness (QED) is 0.766. The predicted molar refractivity (Wildman–Crippen MR) is 69.0 cm³/mol. The van der Waals surface area contributed by atoms with Crippen molar-refractivity contribution in [2.24, 2.45) is 0 Å². The van der Waals surface area contributed by atoms with E-state index in [1.165, 1.54) is 19.1 Å². The third-order valence-electron chi connectivity index (χ3n) is 2.45. The molecule has 0 aliphatic carbocycles. The molecule has 0 radical (unpaired) electrons. The largest absolute Gasteiger partial charge is 0.447 e. The van der Waals surface area contributed by atoms with Crippen LogP contribution in [0.5, 0.6) is 0 Å². The van der Waals surface area contributed by atoms with E-state index in [0.717, 1.165) is 5.56 Å². The third kappa shape index (κ3) is 4.72. The molecule has 1 atom stereocenters. The molecular formula is C13H15NO4S. The Kier molecular flexibility index (Phi) is 5.07. The van der Waals surface area contributed by atoms with Crippen LogP contribution in [-0.2, 0) is 19.4 Å². The van der Waals surface area contributed by atoms with Crippen LogP contribution in [0.25, 0.3) is 0 Å². The van der Waals surface area contributed by atoms with E-state index in [0.29, 0.717) is 0 Å². The molecule has 0 bridgehead atoms. The summed E-state index contributed by atoms with van der Waals surface area (Å²) in [6.45, 7) is 3.28. The van der Waals surface area contributed by atoms with Crippen molar-refractivity contribution in [3.63, 3.8) is 0 Å². The van der Waals surface area contributed by atoms with E-state index >= 15 is 0 Å². The number of hydrogen-bond acceptors (Lipinski definition) is 5. The normalized spacial score (nSPS) is 12.5. The minimum absolute atomic E-state index is 0.180. The van der Waals surface area contributed by atoms with Crippen LogP contribution in [0.15, 0.2) is 29.2 Å². The number of benzene rings is 1. The van der Waals surface area contributed by atoms with Gasteiger partial charge in [-0.05, 0) is 26.0 Å². The Bertz CT molecular complexity index is 584. The van der Waals surface area contributed by atoms with Crippen molar-refractivity contribution in [3.8, 4) is 6.07 Å². The second kappa shape index (κ2) is 6.34. The lowest BCUT2D eigenvalue weighted by Crippen LogP contribution is -2.17. The zero-order chi connectivity index (χ0) is 14.5. The molecule has 0 saturated carbocycles. The summed E-state index contributed by atoms with van der Waals surface area (Å²) in [7, 11) is -3.50. The molecule has 0 aliphatic heterocycles. The van der Waals surface area contributed by atoms with Crippen LogP contribution >= 0.6 is 0 Å². The zero-order valence-corrected chi connectivity index (χ0v) is 11.6. The Morgan fingerprint density at radius 3 is 2.47 bits per heavy atom. The van der Waals surface area contributed by atoms with Gasteiger partial charge in [-0.3, -0.25) is 4.79 Å². The standard InChI is InChI=1S/C13H15NO4S/c1-10-3-5-12(6-4-10)19(16,17)8-7-13(15)18-11(2)9-14/h3-6,11H,7-8H2,1-2H3/t11-/m0/s1. The molecule has 1 rings (SSSR count). The number of esters is 1. The lowest BCUT2D eigenvalue weighted by atomic mass is 10.2. The Hall–Kier alpha value is -1.87. The Labute approximate surface area is 112 Å². The molecule has 6 heteroatoms. The van der Waals surface area contributed by atoms with Crippen molar-refractivity contribution in [1.82, 2.24) is 0 Å². The monoisotopic (exact) mass is 281 g/mol. The van der Waals surface area contributed by atoms with Gasteiger partial charge in [0.2, 0.25) is 0 Å². The molecule has 0 heterocycles. The van der Waals surface area contributed by atoms with Gasteiger partial charge >= 0.3 is 5.97 Å². The van der Waals surface area contributed by atoms with Gasteiger partial charge in [0, 0.05) is 0 Å². The van der Waals surface area contributed by atoms with Crippen LogP contribution in [0, 0.1) is 18.3 Å². The number of sulfone groups is 1. The van der Waals surface area contributed by atoms with Crippen molar-refractivity contribution in [1.29, 1.82) is 5.26 Å². The van der Waals surface area contributed by atoms with Gasteiger partial charge in [0.25, 0.3) is 0 Å². The molecule has 19 heavy (non-hydrogen) atoms. The summed E-state index contributed by atoms with van der Waals surface area (Å²) in [6, 6.07) is 8.15. The number of rotatable bonds is 5. The molecule has 0 amide bonds. The maximum atomic E-state index is 11.9. The molecular weight excluding hydrogens is 266 g/mol. The molecule has 0 unspecified atom stereocenters. The fourth-order valence-electron chi connectivity index (χ4n) is 1.36. The average Bonchev–Trinajstić information content (AvgIpc) is 2.37. The summed E-state index contributed by atoms with van der Waals surface area (Å²) in [4.78, 5) is 11.5. The first kappa shape index (κ1) is 15.2. The van der Waals surface area contributed by atoms with Crippen LogP contribution in [0.1, 0.15) is 18.9 Å². The average molecular weight is 281 g/mol. The fraction of sp³-hybridized carbons (Fsp3) is 0.385. The highest BCUT2D eigenvalue weighted by atomic mass is 32.2. The Morgan fingerprint density at radius 1 is 1.37 bits per heavy atom. The number of carbonyl (C=O) groups excluding carboxylic acids is 1. The van der Waals surface area contributed by atoms with Crippen molar-refractivity contribution in [2.45, 2.75) is 31.3 Å². The Morgan fingerprint density at radius 2 is 1.95 bits per heavy atom. The van der Waals surface area contributed by atoms with Gasteiger partial charge in [-0.1, -0.05) is 17.7 Å². The van der Waals surface area contributed by atoms with E-state index in [2.05, 4.69) is 4.74 Å². The van der Waals surface area contributed by atoms with Crippen molar-refractivity contribution in [2.75, 3.05) is 5.75 Å². The number of carbonyl (C=O) groups is 1. The number of hydrogen-bond donors (Lipinski definition) is 0. The van der Waals surface area contributed by atoms with E-state index in [1.54, 1.807) is 18.2 Å². The van der Waals surface area contributed by atoms with Crippen molar-refractivity contribution >= 4 is 15.8 Å². The first-order valence-electron chi connectivity index (χ1n) is 5.73. The number of ether oxygens (including phenoxy) is 1. The molecule has 0 saturated heterocycles. The predicted octanol–water partition coefficient (Wildman–Crippen LogP) is 1.61. The molecule has 0 N–H and O–H groups in total. The molecule has 1 aromatic rings. The fourth-order valence-corrected chi connectivity index (χ4v) is 2.59. The topological polar surface area (TPSA) is 84.2 Å². The maximum Gasteiger partial charge on any atom is 0.308 e. The second-order valence-corrected chi connectivity index (χ2v) is 6.25. The van der Waals surface area contributed by atoms with Gasteiger partial charge in [0.15, 0.2) is 15.9 Å². The highest BCUT2D eigenvalue weighted by Crippen LogP contribution is 2.13. The van der Waals surface area contributed by atoms with Crippen LogP contribution in [0.2, 0.25) is 0 Å². The van der Waals surface area contributed by atoms with Crippen molar-refractivity contribution < 1.29 is 17.9 Å². The molecule has 5 nitrogen and oxygen atoms in total. The highest BCUT2D eigenvalue weighted by molar-refractivity contribution is 7.91. The van der Waals surface area contributed by atoms with E-state index in [1.807, 2.05) is 6.92 Å². The highest BCUT2D eigenvalue weighted by Gasteiger charge is 2.17. The molecule has 102 valence electrons. The van der Waals surface area contributed by atoms with Crippen LogP contribution < -0.4 is 0 Å².